The number of esters is 1. The summed E-state index contributed by atoms with van der Waals surface area (Å²) in [7, 11) is 0. The highest BCUT2D eigenvalue weighted by molar-refractivity contribution is 9.10. The molecule has 144 valence electrons. The Bertz CT molecular complexity index is 974. The smallest absolute Gasteiger partial charge is 0.358 e. The number of carbonyl (C=O) groups excluding carboxylic acids is 2. The fourth-order valence-electron chi connectivity index (χ4n) is 2.42. The second kappa shape index (κ2) is 9.32. The third-order valence-corrected chi connectivity index (χ3v) is 5.56. The number of aromatic nitrogens is 1. The predicted octanol–water partition coefficient (Wildman–Crippen LogP) is 5.26. The van der Waals surface area contributed by atoms with Crippen molar-refractivity contribution in [2.45, 2.75) is 13.0 Å². The lowest BCUT2D eigenvalue weighted by atomic mass is 10.1. The number of halogens is 2. The van der Waals surface area contributed by atoms with Gasteiger partial charge in [0.15, 0.2) is 12.3 Å². The molecule has 3 aromatic rings. The number of carbonyl (C=O) groups is 2. The minimum Gasteiger partial charge on any atom is -0.451 e. The van der Waals surface area contributed by atoms with Crippen LogP contribution in [0.3, 0.4) is 0 Å². The van der Waals surface area contributed by atoms with Crippen molar-refractivity contribution in [2.75, 3.05) is 6.61 Å². The number of amides is 1. The van der Waals surface area contributed by atoms with Crippen molar-refractivity contribution in [3.63, 3.8) is 0 Å². The molecule has 1 unspecified atom stereocenters. The summed E-state index contributed by atoms with van der Waals surface area (Å²) in [6.07, 6.45) is 0. The first-order valence-electron chi connectivity index (χ1n) is 8.36. The number of thiazole rings is 1. The van der Waals surface area contributed by atoms with Crippen LogP contribution in [-0.4, -0.2) is 23.5 Å². The molecule has 1 aromatic heterocycles. The molecule has 5 nitrogen and oxygen atoms in total. The molecule has 3 rings (SSSR count). The highest BCUT2D eigenvalue weighted by atomic mass is 79.9. The maximum atomic E-state index is 12.2. The first kappa shape index (κ1) is 20.5. The van der Waals surface area contributed by atoms with Crippen LogP contribution in [0.15, 0.2) is 58.4 Å². The Morgan fingerprint density at radius 1 is 1.18 bits per heavy atom. The minimum atomic E-state index is -0.636. The van der Waals surface area contributed by atoms with E-state index in [-0.39, 0.29) is 24.2 Å². The number of benzene rings is 2. The van der Waals surface area contributed by atoms with Gasteiger partial charge in [0.2, 0.25) is 0 Å². The fraction of sp³-hybridized carbons (Fsp3) is 0.150. The average Bonchev–Trinajstić information content (AvgIpc) is 3.17. The summed E-state index contributed by atoms with van der Waals surface area (Å²) in [5.41, 5.74) is 1.98. The van der Waals surface area contributed by atoms with Gasteiger partial charge in [-0.1, -0.05) is 51.8 Å². The second-order valence-electron chi connectivity index (χ2n) is 5.96. The summed E-state index contributed by atoms with van der Waals surface area (Å²) in [6, 6.07) is 14.6. The molecule has 0 fully saturated rings. The number of rotatable bonds is 6. The zero-order chi connectivity index (χ0) is 20.1. The quantitative estimate of drug-likeness (QED) is 0.490. The van der Waals surface area contributed by atoms with Crippen LogP contribution >= 0.6 is 38.9 Å². The Morgan fingerprint density at radius 2 is 1.86 bits per heavy atom. The number of nitrogens with zero attached hydrogens (tertiary/aromatic N) is 1. The molecule has 8 heteroatoms. The molecule has 1 amide bonds. The topological polar surface area (TPSA) is 68.3 Å². The Kier molecular flexibility index (Phi) is 6.83. The molecule has 0 saturated heterocycles. The summed E-state index contributed by atoms with van der Waals surface area (Å²) in [5, 5.41) is 5.71. The van der Waals surface area contributed by atoms with Gasteiger partial charge < -0.3 is 10.1 Å². The normalized spacial score (nSPS) is 11.7. The largest absolute Gasteiger partial charge is 0.451 e. The Morgan fingerprint density at radius 3 is 2.54 bits per heavy atom. The highest BCUT2D eigenvalue weighted by Crippen LogP contribution is 2.25. The fourth-order valence-corrected chi connectivity index (χ4v) is 3.60. The standard InChI is InChI=1S/C20H16BrClN2O3S/c1-12(13-2-6-15(21)7-3-13)23-18(25)10-27-20(26)17-11-28-19(24-17)14-4-8-16(22)9-5-14/h2-9,11-12H,10H2,1H3,(H,23,25). The van der Waals surface area contributed by atoms with E-state index in [0.717, 1.165) is 15.6 Å². The third kappa shape index (κ3) is 5.41. The summed E-state index contributed by atoms with van der Waals surface area (Å²) in [6.45, 7) is 1.50. The molecule has 1 heterocycles. The van der Waals surface area contributed by atoms with E-state index in [9.17, 15) is 9.59 Å². The molecule has 2 aromatic carbocycles. The van der Waals surface area contributed by atoms with E-state index >= 15 is 0 Å². The SMILES string of the molecule is CC(NC(=O)COC(=O)c1csc(-c2ccc(Cl)cc2)n1)c1ccc(Br)cc1. The van der Waals surface area contributed by atoms with Gasteiger partial charge in [0, 0.05) is 20.4 Å². The zero-order valence-electron chi connectivity index (χ0n) is 14.8. The van der Waals surface area contributed by atoms with E-state index in [1.165, 1.54) is 11.3 Å². The maximum absolute atomic E-state index is 12.2. The number of hydrogen-bond acceptors (Lipinski definition) is 5. The molecule has 1 atom stereocenters. The minimum absolute atomic E-state index is 0.170. The zero-order valence-corrected chi connectivity index (χ0v) is 18.0. The number of hydrogen-bond donors (Lipinski definition) is 1. The molecule has 0 radical (unpaired) electrons. The second-order valence-corrected chi connectivity index (χ2v) is 8.17. The van der Waals surface area contributed by atoms with E-state index < -0.39 is 5.97 Å². The monoisotopic (exact) mass is 478 g/mol. The number of nitrogens with one attached hydrogen (secondary N) is 1. The molecule has 0 aliphatic rings. The van der Waals surface area contributed by atoms with E-state index in [2.05, 4.69) is 26.2 Å². The van der Waals surface area contributed by atoms with Crippen molar-refractivity contribution in [1.82, 2.24) is 10.3 Å². The Balaban J connectivity index is 1.53. The summed E-state index contributed by atoms with van der Waals surface area (Å²) >= 11 is 10.6. The van der Waals surface area contributed by atoms with E-state index in [0.29, 0.717) is 10.0 Å². The average molecular weight is 480 g/mol. The lowest BCUT2D eigenvalue weighted by Gasteiger charge is -2.14. The lowest BCUT2D eigenvalue weighted by Crippen LogP contribution is -2.31. The first-order chi connectivity index (χ1) is 13.4. The van der Waals surface area contributed by atoms with Crippen LogP contribution in [0.5, 0.6) is 0 Å². The van der Waals surface area contributed by atoms with Crippen LogP contribution in [0, 0.1) is 0 Å². The van der Waals surface area contributed by atoms with Gasteiger partial charge in [-0.15, -0.1) is 11.3 Å². The van der Waals surface area contributed by atoms with Crippen molar-refractivity contribution in [1.29, 1.82) is 0 Å². The molecule has 28 heavy (non-hydrogen) atoms. The predicted molar refractivity (Wildman–Crippen MR) is 114 cm³/mol. The molecule has 1 N–H and O–H groups in total. The van der Waals surface area contributed by atoms with Crippen LogP contribution in [-0.2, 0) is 9.53 Å². The van der Waals surface area contributed by atoms with Crippen molar-refractivity contribution in [3.05, 3.63) is 74.7 Å². The molecule has 0 spiro atoms. The van der Waals surface area contributed by atoms with Gasteiger partial charge in [0.1, 0.15) is 5.01 Å². The molecular weight excluding hydrogens is 464 g/mol. The van der Waals surface area contributed by atoms with E-state index in [1.54, 1.807) is 17.5 Å². The van der Waals surface area contributed by atoms with Crippen LogP contribution in [0.4, 0.5) is 0 Å². The van der Waals surface area contributed by atoms with Crippen LogP contribution in [0.2, 0.25) is 5.02 Å². The van der Waals surface area contributed by atoms with Gasteiger partial charge in [-0.3, -0.25) is 4.79 Å². The Hall–Kier alpha value is -2.22. The molecular formula is C20H16BrClN2O3S. The molecule has 0 aliphatic carbocycles. The van der Waals surface area contributed by atoms with Gasteiger partial charge >= 0.3 is 5.97 Å². The van der Waals surface area contributed by atoms with Gasteiger partial charge in [0.05, 0.1) is 6.04 Å². The van der Waals surface area contributed by atoms with Crippen LogP contribution < -0.4 is 5.32 Å². The van der Waals surface area contributed by atoms with Crippen molar-refractivity contribution < 1.29 is 14.3 Å². The Labute approximate surface area is 179 Å². The summed E-state index contributed by atoms with van der Waals surface area (Å²) < 4.78 is 6.04. The van der Waals surface area contributed by atoms with Gasteiger partial charge in [-0.25, -0.2) is 9.78 Å². The van der Waals surface area contributed by atoms with Gasteiger partial charge in [-0.2, -0.15) is 0 Å². The van der Waals surface area contributed by atoms with Crippen LogP contribution in [0.1, 0.15) is 29.0 Å². The third-order valence-electron chi connectivity index (χ3n) is 3.89. The molecule has 0 bridgehead atoms. The van der Waals surface area contributed by atoms with E-state index in [1.807, 2.05) is 43.3 Å². The van der Waals surface area contributed by atoms with Crippen LogP contribution in [0.25, 0.3) is 10.6 Å². The molecule has 0 saturated carbocycles. The highest BCUT2D eigenvalue weighted by Gasteiger charge is 2.16. The first-order valence-corrected chi connectivity index (χ1v) is 10.4. The van der Waals surface area contributed by atoms with E-state index in [4.69, 9.17) is 16.3 Å². The maximum Gasteiger partial charge on any atom is 0.358 e. The van der Waals surface area contributed by atoms with Crippen molar-refractivity contribution >= 4 is 50.7 Å². The van der Waals surface area contributed by atoms with Crippen molar-refractivity contribution in [2.24, 2.45) is 0 Å². The van der Waals surface area contributed by atoms with Gasteiger partial charge in [-0.05, 0) is 36.8 Å². The summed E-state index contributed by atoms with van der Waals surface area (Å²) in [5.74, 6) is -1.01. The molecule has 0 aliphatic heterocycles. The number of ether oxygens (including phenoxy) is 1. The van der Waals surface area contributed by atoms with Crippen molar-refractivity contribution in [3.8, 4) is 10.6 Å². The lowest BCUT2D eigenvalue weighted by molar-refractivity contribution is -0.124. The summed E-state index contributed by atoms with van der Waals surface area (Å²) in [4.78, 5) is 28.5. The van der Waals surface area contributed by atoms with Gasteiger partial charge in [0.25, 0.3) is 5.91 Å².